The summed E-state index contributed by atoms with van der Waals surface area (Å²) in [4.78, 5) is 16.2. The lowest BCUT2D eigenvalue weighted by molar-refractivity contribution is -0.115. The highest BCUT2D eigenvalue weighted by Crippen LogP contribution is 2.18. The second-order valence-corrected chi connectivity index (χ2v) is 5.15. The summed E-state index contributed by atoms with van der Waals surface area (Å²) in [6, 6.07) is 7.63. The number of carbonyl (C=O) groups excluding carboxylic acids is 1. The van der Waals surface area contributed by atoms with Crippen molar-refractivity contribution in [2.24, 2.45) is 10.9 Å². The summed E-state index contributed by atoms with van der Waals surface area (Å²) in [5.74, 6) is 1.88. The van der Waals surface area contributed by atoms with Gasteiger partial charge in [-0.3, -0.25) is 4.79 Å². The molecule has 4 heteroatoms. The van der Waals surface area contributed by atoms with Gasteiger partial charge in [0.2, 0.25) is 0 Å². The highest BCUT2D eigenvalue weighted by atomic mass is 16.5. The lowest BCUT2D eigenvalue weighted by Crippen LogP contribution is -2.24. The molecule has 0 atom stereocenters. The number of ether oxygens (including phenoxy) is 1. The fourth-order valence-corrected chi connectivity index (χ4v) is 2.02. The molecule has 0 bridgehead atoms. The summed E-state index contributed by atoms with van der Waals surface area (Å²) in [6.07, 6.45) is 2.56. The fraction of sp³-hybridized carbons (Fsp3) is 0.375. The normalized spacial score (nSPS) is 16.5. The van der Waals surface area contributed by atoms with E-state index in [0.717, 1.165) is 23.6 Å². The van der Waals surface area contributed by atoms with E-state index < -0.39 is 0 Å². The lowest BCUT2D eigenvalue weighted by atomic mass is 10.1. The van der Waals surface area contributed by atoms with Gasteiger partial charge in [0, 0.05) is 6.42 Å². The van der Waals surface area contributed by atoms with Crippen molar-refractivity contribution >= 4 is 17.8 Å². The molecule has 0 unspecified atom stereocenters. The molecular weight excluding hydrogens is 252 g/mol. The number of nitrogens with one attached hydrogen (secondary N) is 1. The van der Waals surface area contributed by atoms with Gasteiger partial charge in [0.1, 0.15) is 17.3 Å². The van der Waals surface area contributed by atoms with Crippen LogP contribution >= 0.6 is 0 Å². The van der Waals surface area contributed by atoms with Crippen molar-refractivity contribution in [2.45, 2.75) is 27.2 Å². The highest BCUT2D eigenvalue weighted by Gasteiger charge is 2.20. The predicted molar refractivity (Wildman–Crippen MR) is 80.6 cm³/mol. The second kappa shape index (κ2) is 6.37. The third-order valence-corrected chi connectivity index (χ3v) is 2.82. The van der Waals surface area contributed by atoms with Crippen LogP contribution < -0.4 is 10.1 Å². The van der Waals surface area contributed by atoms with Crippen molar-refractivity contribution in [2.75, 3.05) is 6.61 Å². The Morgan fingerprint density at radius 3 is 2.90 bits per heavy atom. The molecule has 1 heterocycles. The van der Waals surface area contributed by atoms with E-state index in [1.54, 1.807) is 6.08 Å². The SMILES string of the molecule is CCOc1cccc(/C=C2/N=C(CC(C)C)NC2=O)c1. The minimum Gasteiger partial charge on any atom is -0.494 e. The number of hydrogen-bond donors (Lipinski definition) is 1. The Bertz CT molecular complexity index is 559. The van der Waals surface area contributed by atoms with Crippen molar-refractivity contribution in [1.82, 2.24) is 5.32 Å². The summed E-state index contributed by atoms with van der Waals surface area (Å²) in [6.45, 7) is 6.76. The molecule has 0 radical (unpaired) electrons. The van der Waals surface area contributed by atoms with Gasteiger partial charge < -0.3 is 10.1 Å². The summed E-state index contributed by atoms with van der Waals surface area (Å²) in [5.41, 5.74) is 1.37. The maximum absolute atomic E-state index is 11.9. The number of nitrogens with zero attached hydrogens (tertiary/aromatic N) is 1. The molecule has 1 aromatic carbocycles. The largest absolute Gasteiger partial charge is 0.494 e. The molecule has 0 aromatic heterocycles. The minimum atomic E-state index is -0.137. The van der Waals surface area contributed by atoms with Gasteiger partial charge >= 0.3 is 0 Å². The van der Waals surface area contributed by atoms with Gasteiger partial charge in [-0.25, -0.2) is 4.99 Å². The van der Waals surface area contributed by atoms with Gasteiger partial charge in [-0.1, -0.05) is 26.0 Å². The first-order valence-electron chi connectivity index (χ1n) is 6.92. The van der Waals surface area contributed by atoms with E-state index in [0.29, 0.717) is 18.2 Å². The van der Waals surface area contributed by atoms with Crippen LogP contribution in [-0.4, -0.2) is 18.3 Å². The number of carbonyl (C=O) groups is 1. The van der Waals surface area contributed by atoms with Crippen LogP contribution in [0.3, 0.4) is 0 Å². The molecule has 0 fully saturated rings. The average Bonchev–Trinajstić information content (AvgIpc) is 2.69. The van der Waals surface area contributed by atoms with Crippen LogP contribution in [0.1, 0.15) is 32.8 Å². The van der Waals surface area contributed by atoms with Crippen molar-refractivity contribution in [1.29, 1.82) is 0 Å². The number of amidine groups is 1. The molecule has 1 amide bonds. The Labute approximate surface area is 119 Å². The molecule has 4 nitrogen and oxygen atoms in total. The van der Waals surface area contributed by atoms with Crippen molar-refractivity contribution < 1.29 is 9.53 Å². The molecule has 2 rings (SSSR count). The number of benzene rings is 1. The Kier molecular flexibility index (Phi) is 4.56. The van der Waals surface area contributed by atoms with Crippen LogP contribution in [0.5, 0.6) is 5.75 Å². The monoisotopic (exact) mass is 272 g/mol. The van der Waals surface area contributed by atoms with E-state index in [4.69, 9.17) is 4.74 Å². The Balaban J connectivity index is 2.19. The number of hydrogen-bond acceptors (Lipinski definition) is 3. The van der Waals surface area contributed by atoms with E-state index in [1.807, 2.05) is 31.2 Å². The van der Waals surface area contributed by atoms with Crippen LogP contribution in [0.2, 0.25) is 0 Å². The van der Waals surface area contributed by atoms with Gasteiger partial charge in [-0.05, 0) is 36.6 Å². The van der Waals surface area contributed by atoms with Gasteiger partial charge in [-0.15, -0.1) is 0 Å². The predicted octanol–water partition coefficient (Wildman–Crippen LogP) is 3.00. The average molecular weight is 272 g/mol. The fourth-order valence-electron chi connectivity index (χ4n) is 2.02. The number of aliphatic imine (C=N–C) groups is 1. The zero-order chi connectivity index (χ0) is 14.5. The quantitative estimate of drug-likeness (QED) is 0.838. The molecule has 20 heavy (non-hydrogen) atoms. The van der Waals surface area contributed by atoms with Gasteiger partial charge in [0.15, 0.2) is 0 Å². The number of amides is 1. The van der Waals surface area contributed by atoms with E-state index in [9.17, 15) is 4.79 Å². The molecular formula is C16H20N2O2. The zero-order valence-electron chi connectivity index (χ0n) is 12.1. The zero-order valence-corrected chi connectivity index (χ0v) is 12.1. The van der Waals surface area contributed by atoms with E-state index in [2.05, 4.69) is 24.2 Å². The molecule has 0 aliphatic carbocycles. The second-order valence-electron chi connectivity index (χ2n) is 5.15. The topological polar surface area (TPSA) is 50.7 Å². The van der Waals surface area contributed by atoms with Gasteiger partial charge in [0.05, 0.1) is 6.61 Å². The molecule has 1 aliphatic heterocycles. The minimum absolute atomic E-state index is 0.137. The Hall–Kier alpha value is -2.10. The molecule has 106 valence electrons. The summed E-state index contributed by atoms with van der Waals surface area (Å²) >= 11 is 0. The van der Waals surface area contributed by atoms with Crippen LogP contribution in [0, 0.1) is 5.92 Å². The third kappa shape index (κ3) is 3.70. The lowest BCUT2D eigenvalue weighted by Gasteiger charge is -2.03. The molecule has 1 N–H and O–H groups in total. The van der Waals surface area contributed by atoms with Crippen molar-refractivity contribution in [3.63, 3.8) is 0 Å². The standard InChI is InChI=1S/C16H20N2O2/c1-4-20-13-7-5-6-12(9-13)10-14-16(19)18-15(17-14)8-11(2)3/h5-7,9-11H,4,8H2,1-3H3,(H,17,18,19)/b14-10+. The van der Waals surface area contributed by atoms with Crippen LogP contribution in [0.4, 0.5) is 0 Å². The molecule has 1 aliphatic rings. The van der Waals surface area contributed by atoms with Crippen LogP contribution in [-0.2, 0) is 4.79 Å². The van der Waals surface area contributed by atoms with Gasteiger partial charge in [0.25, 0.3) is 5.91 Å². The molecule has 1 aromatic rings. The van der Waals surface area contributed by atoms with Crippen LogP contribution in [0.25, 0.3) is 6.08 Å². The van der Waals surface area contributed by atoms with Gasteiger partial charge in [-0.2, -0.15) is 0 Å². The van der Waals surface area contributed by atoms with Crippen LogP contribution in [0.15, 0.2) is 35.0 Å². The molecule has 0 saturated heterocycles. The summed E-state index contributed by atoms with van der Waals surface area (Å²) in [7, 11) is 0. The highest BCUT2D eigenvalue weighted by molar-refractivity contribution is 6.14. The maximum Gasteiger partial charge on any atom is 0.275 e. The number of rotatable bonds is 5. The third-order valence-electron chi connectivity index (χ3n) is 2.82. The smallest absolute Gasteiger partial charge is 0.275 e. The molecule has 0 spiro atoms. The Morgan fingerprint density at radius 2 is 2.20 bits per heavy atom. The van der Waals surface area contributed by atoms with Crippen molar-refractivity contribution in [3.8, 4) is 5.75 Å². The first-order valence-corrected chi connectivity index (χ1v) is 6.92. The Morgan fingerprint density at radius 1 is 1.40 bits per heavy atom. The van der Waals surface area contributed by atoms with E-state index in [1.165, 1.54) is 0 Å². The molecule has 0 saturated carbocycles. The van der Waals surface area contributed by atoms with E-state index >= 15 is 0 Å². The summed E-state index contributed by atoms with van der Waals surface area (Å²) < 4.78 is 5.45. The van der Waals surface area contributed by atoms with E-state index in [-0.39, 0.29) is 5.91 Å². The first kappa shape index (κ1) is 14.3. The summed E-state index contributed by atoms with van der Waals surface area (Å²) in [5, 5.41) is 2.81. The van der Waals surface area contributed by atoms with Crippen molar-refractivity contribution in [3.05, 3.63) is 35.5 Å². The first-order chi connectivity index (χ1) is 9.58. The maximum atomic E-state index is 11.9.